The van der Waals surface area contributed by atoms with Crippen molar-refractivity contribution in [3.05, 3.63) is 22.1 Å². The third kappa shape index (κ3) is 2.23. The predicted molar refractivity (Wildman–Crippen MR) is 56.3 cm³/mol. The summed E-state index contributed by atoms with van der Waals surface area (Å²) in [5.74, 6) is 0.518. The SMILES string of the molecule is O=Cc1cc(=O)[nH]c(N2CCCCC2)n1. The lowest BCUT2D eigenvalue weighted by Crippen LogP contribution is -2.32. The minimum atomic E-state index is -0.271. The molecule has 2 rings (SSSR count). The highest BCUT2D eigenvalue weighted by Crippen LogP contribution is 2.13. The minimum Gasteiger partial charge on any atom is -0.342 e. The van der Waals surface area contributed by atoms with Crippen LogP contribution in [0.5, 0.6) is 0 Å². The van der Waals surface area contributed by atoms with Crippen LogP contribution in [0.3, 0.4) is 0 Å². The van der Waals surface area contributed by atoms with Crippen LogP contribution < -0.4 is 10.5 Å². The normalized spacial score (nSPS) is 16.4. The van der Waals surface area contributed by atoms with E-state index < -0.39 is 0 Å². The Hall–Kier alpha value is -1.65. The fourth-order valence-electron chi connectivity index (χ4n) is 1.78. The summed E-state index contributed by atoms with van der Waals surface area (Å²) in [4.78, 5) is 30.5. The Kier molecular flexibility index (Phi) is 2.80. The van der Waals surface area contributed by atoms with Crippen LogP contribution in [0.2, 0.25) is 0 Å². The van der Waals surface area contributed by atoms with Crippen LogP contribution >= 0.6 is 0 Å². The number of hydrogen-bond donors (Lipinski definition) is 1. The Morgan fingerprint density at radius 3 is 2.73 bits per heavy atom. The third-order valence-electron chi connectivity index (χ3n) is 2.53. The van der Waals surface area contributed by atoms with Gasteiger partial charge in [0.2, 0.25) is 5.95 Å². The number of aromatic nitrogens is 2. The van der Waals surface area contributed by atoms with E-state index in [2.05, 4.69) is 9.97 Å². The predicted octanol–water partition coefficient (Wildman–Crippen LogP) is 0.573. The van der Waals surface area contributed by atoms with Gasteiger partial charge in [-0.15, -0.1) is 0 Å². The molecule has 15 heavy (non-hydrogen) atoms. The summed E-state index contributed by atoms with van der Waals surface area (Å²) in [6.45, 7) is 1.79. The molecule has 1 fully saturated rings. The zero-order valence-electron chi connectivity index (χ0n) is 8.40. The molecular weight excluding hydrogens is 194 g/mol. The molecule has 1 aromatic heterocycles. The average molecular weight is 207 g/mol. The summed E-state index contributed by atoms with van der Waals surface area (Å²) in [5, 5.41) is 0. The van der Waals surface area contributed by atoms with Gasteiger partial charge in [0.25, 0.3) is 5.56 Å². The van der Waals surface area contributed by atoms with Crippen LogP contribution in [0.15, 0.2) is 10.9 Å². The van der Waals surface area contributed by atoms with E-state index in [0.29, 0.717) is 12.2 Å². The first-order valence-corrected chi connectivity index (χ1v) is 5.11. The number of anilines is 1. The molecule has 0 aliphatic carbocycles. The summed E-state index contributed by atoms with van der Waals surface area (Å²) in [6.07, 6.45) is 4.03. The Morgan fingerprint density at radius 1 is 1.33 bits per heavy atom. The maximum absolute atomic E-state index is 11.2. The highest BCUT2D eigenvalue weighted by molar-refractivity contribution is 5.71. The molecule has 1 N–H and O–H groups in total. The zero-order valence-corrected chi connectivity index (χ0v) is 8.40. The Labute approximate surface area is 87.1 Å². The van der Waals surface area contributed by atoms with Gasteiger partial charge in [0, 0.05) is 19.2 Å². The molecule has 1 aliphatic rings. The minimum absolute atomic E-state index is 0.194. The second-order valence-electron chi connectivity index (χ2n) is 3.66. The van der Waals surface area contributed by atoms with Gasteiger partial charge < -0.3 is 4.90 Å². The first kappa shape index (κ1) is 9.89. The van der Waals surface area contributed by atoms with Crippen LogP contribution in [0.1, 0.15) is 29.8 Å². The molecular formula is C10H13N3O2. The number of carbonyl (C=O) groups is 1. The first-order valence-electron chi connectivity index (χ1n) is 5.11. The largest absolute Gasteiger partial charge is 0.342 e. The van der Waals surface area contributed by atoms with Gasteiger partial charge in [0.15, 0.2) is 6.29 Å². The number of piperidine rings is 1. The summed E-state index contributed by atoms with van der Waals surface area (Å²) in [5.41, 5.74) is -0.0769. The maximum atomic E-state index is 11.2. The van der Waals surface area contributed by atoms with Crippen LogP contribution in [0.4, 0.5) is 5.95 Å². The lowest BCUT2D eigenvalue weighted by molar-refractivity contribution is 0.111. The molecule has 0 atom stereocenters. The van der Waals surface area contributed by atoms with Crippen molar-refractivity contribution in [3.63, 3.8) is 0 Å². The Bertz CT molecular complexity index is 407. The van der Waals surface area contributed by atoms with Crippen LogP contribution in [0, 0.1) is 0 Å². The highest BCUT2D eigenvalue weighted by atomic mass is 16.1. The van der Waals surface area contributed by atoms with Crippen molar-refractivity contribution >= 4 is 12.2 Å². The quantitative estimate of drug-likeness (QED) is 0.720. The molecule has 0 spiro atoms. The molecule has 0 aromatic carbocycles. The summed E-state index contributed by atoms with van der Waals surface area (Å²) in [7, 11) is 0. The molecule has 80 valence electrons. The van der Waals surface area contributed by atoms with E-state index in [0.717, 1.165) is 25.9 Å². The summed E-state index contributed by atoms with van der Waals surface area (Å²) < 4.78 is 0. The molecule has 0 unspecified atom stereocenters. The van der Waals surface area contributed by atoms with Gasteiger partial charge in [-0.2, -0.15) is 0 Å². The van der Waals surface area contributed by atoms with Crippen molar-refractivity contribution < 1.29 is 4.79 Å². The van der Waals surface area contributed by atoms with Gasteiger partial charge in [-0.3, -0.25) is 14.6 Å². The topological polar surface area (TPSA) is 66.1 Å². The fraction of sp³-hybridized carbons (Fsp3) is 0.500. The van der Waals surface area contributed by atoms with E-state index in [1.165, 1.54) is 12.5 Å². The van der Waals surface area contributed by atoms with E-state index in [9.17, 15) is 9.59 Å². The van der Waals surface area contributed by atoms with Crippen molar-refractivity contribution in [2.24, 2.45) is 0 Å². The number of aldehydes is 1. The first-order chi connectivity index (χ1) is 7.29. The van der Waals surface area contributed by atoms with E-state index in [1.807, 2.05) is 4.90 Å². The van der Waals surface area contributed by atoms with E-state index in [1.54, 1.807) is 0 Å². The van der Waals surface area contributed by atoms with Crippen LogP contribution in [0.25, 0.3) is 0 Å². The van der Waals surface area contributed by atoms with Gasteiger partial charge in [-0.25, -0.2) is 4.98 Å². The monoisotopic (exact) mass is 207 g/mol. The maximum Gasteiger partial charge on any atom is 0.252 e. The molecule has 1 saturated heterocycles. The summed E-state index contributed by atoms with van der Waals surface area (Å²) >= 11 is 0. The number of nitrogens with one attached hydrogen (secondary N) is 1. The molecule has 5 nitrogen and oxygen atoms in total. The molecule has 1 aliphatic heterocycles. The van der Waals surface area contributed by atoms with Crippen molar-refractivity contribution in [2.75, 3.05) is 18.0 Å². The van der Waals surface area contributed by atoms with Gasteiger partial charge in [-0.05, 0) is 19.3 Å². The molecule has 0 bridgehead atoms. The number of carbonyl (C=O) groups excluding carboxylic acids is 1. The fourth-order valence-corrected chi connectivity index (χ4v) is 1.78. The molecule has 1 aromatic rings. The Balaban J connectivity index is 2.29. The van der Waals surface area contributed by atoms with E-state index in [-0.39, 0.29) is 11.3 Å². The standard InChI is InChI=1S/C10H13N3O2/c14-7-8-6-9(15)12-10(11-8)13-4-2-1-3-5-13/h6-7H,1-5H2,(H,11,12,15). The molecule has 0 amide bonds. The molecule has 5 heteroatoms. The molecule has 0 radical (unpaired) electrons. The number of nitrogens with zero attached hydrogens (tertiary/aromatic N) is 2. The van der Waals surface area contributed by atoms with Gasteiger partial charge in [0.05, 0.1) is 0 Å². The van der Waals surface area contributed by atoms with Gasteiger partial charge >= 0.3 is 0 Å². The summed E-state index contributed by atoms with van der Waals surface area (Å²) in [6, 6.07) is 1.21. The van der Waals surface area contributed by atoms with E-state index in [4.69, 9.17) is 0 Å². The number of H-pyrrole nitrogens is 1. The lowest BCUT2D eigenvalue weighted by atomic mass is 10.1. The molecule has 0 saturated carbocycles. The third-order valence-corrected chi connectivity index (χ3v) is 2.53. The smallest absolute Gasteiger partial charge is 0.252 e. The van der Waals surface area contributed by atoms with Crippen molar-refractivity contribution in [3.8, 4) is 0 Å². The highest BCUT2D eigenvalue weighted by Gasteiger charge is 2.13. The Morgan fingerprint density at radius 2 is 2.07 bits per heavy atom. The average Bonchev–Trinajstić information content (AvgIpc) is 2.29. The zero-order chi connectivity index (χ0) is 10.7. The number of aromatic amines is 1. The molecule has 2 heterocycles. The van der Waals surface area contributed by atoms with E-state index >= 15 is 0 Å². The van der Waals surface area contributed by atoms with Gasteiger partial charge in [0.1, 0.15) is 5.69 Å². The number of hydrogen-bond acceptors (Lipinski definition) is 4. The van der Waals surface area contributed by atoms with Crippen LogP contribution in [-0.2, 0) is 0 Å². The lowest BCUT2D eigenvalue weighted by Gasteiger charge is -2.26. The second-order valence-corrected chi connectivity index (χ2v) is 3.66. The number of rotatable bonds is 2. The van der Waals surface area contributed by atoms with Gasteiger partial charge in [-0.1, -0.05) is 0 Å². The van der Waals surface area contributed by atoms with Crippen molar-refractivity contribution in [1.29, 1.82) is 0 Å². The van der Waals surface area contributed by atoms with Crippen molar-refractivity contribution in [1.82, 2.24) is 9.97 Å². The van der Waals surface area contributed by atoms with Crippen molar-refractivity contribution in [2.45, 2.75) is 19.3 Å². The second kappa shape index (κ2) is 4.25. The van der Waals surface area contributed by atoms with Crippen LogP contribution in [-0.4, -0.2) is 29.3 Å².